The molecule has 108 valence electrons. The summed E-state index contributed by atoms with van der Waals surface area (Å²) < 4.78 is 24.3. The summed E-state index contributed by atoms with van der Waals surface area (Å²) in [5, 5.41) is 10.4. The van der Waals surface area contributed by atoms with E-state index in [4.69, 9.17) is 5.14 Å². The van der Waals surface area contributed by atoms with Gasteiger partial charge in [-0.05, 0) is 49.1 Å². The van der Waals surface area contributed by atoms with E-state index in [1.165, 1.54) is 10.4 Å². The molecule has 0 amide bonds. The third-order valence-electron chi connectivity index (χ3n) is 2.80. The third kappa shape index (κ3) is 3.96. The molecule has 20 heavy (non-hydrogen) atoms. The van der Waals surface area contributed by atoms with Gasteiger partial charge in [0.15, 0.2) is 0 Å². The number of hydrogen-bond acceptors (Lipinski definition) is 4. The second-order valence-electron chi connectivity index (χ2n) is 4.56. The number of rotatable bonds is 5. The summed E-state index contributed by atoms with van der Waals surface area (Å²) in [4.78, 5) is 1.26. The van der Waals surface area contributed by atoms with Crippen LogP contribution >= 0.6 is 11.3 Å². The number of benzene rings is 1. The lowest BCUT2D eigenvalue weighted by Gasteiger charge is -2.16. The molecule has 0 spiro atoms. The van der Waals surface area contributed by atoms with Gasteiger partial charge in [0.2, 0.25) is 0 Å². The lowest BCUT2D eigenvalue weighted by molar-refractivity contribution is 0.603. The van der Waals surface area contributed by atoms with Gasteiger partial charge in [-0.2, -0.15) is 8.42 Å². The number of thiophene rings is 1. The molecule has 0 aliphatic heterocycles. The van der Waals surface area contributed by atoms with E-state index >= 15 is 0 Å². The molecule has 1 heterocycles. The molecule has 1 atom stereocenters. The van der Waals surface area contributed by atoms with Crippen LogP contribution in [-0.2, 0) is 10.2 Å². The summed E-state index contributed by atoms with van der Waals surface area (Å²) in [7, 11) is -3.75. The Labute approximate surface area is 123 Å². The van der Waals surface area contributed by atoms with Gasteiger partial charge < -0.3 is 5.32 Å². The van der Waals surface area contributed by atoms with Crippen molar-refractivity contribution < 1.29 is 8.42 Å². The van der Waals surface area contributed by atoms with Crippen LogP contribution in [0.5, 0.6) is 0 Å². The van der Waals surface area contributed by atoms with Gasteiger partial charge in [0.25, 0.3) is 10.2 Å². The number of nitrogens with two attached hydrogens (primary N) is 1. The Morgan fingerprint density at radius 1 is 1.25 bits per heavy atom. The standard InChI is InChI=1S/C13H17N3O2S2/c1-9-6-7-19-13(9)10(2)15-11-4-3-5-12(8-11)16-20(14,17)18/h3-8,10,15-16H,1-2H3,(H2,14,17,18). The van der Waals surface area contributed by atoms with Crippen molar-refractivity contribution in [3.63, 3.8) is 0 Å². The van der Waals surface area contributed by atoms with Crippen LogP contribution in [0.2, 0.25) is 0 Å². The smallest absolute Gasteiger partial charge is 0.296 e. The van der Waals surface area contributed by atoms with E-state index in [-0.39, 0.29) is 6.04 Å². The van der Waals surface area contributed by atoms with Crippen LogP contribution in [0.15, 0.2) is 35.7 Å². The maximum absolute atomic E-state index is 11.0. The maximum Gasteiger partial charge on any atom is 0.296 e. The molecule has 0 aliphatic rings. The van der Waals surface area contributed by atoms with Crippen molar-refractivity contribution in [1.29, 1.82) is 0 Å². The van der Waals surface area contributed by atoms with Crippen LogP contribution in [0.1, 0.15) is 23.4 Å². The monoisotopic (exact) mass is 311 g/mol. The van der Waals surface area contributed by atoms with Gasteiger partial charge >= 0.3 is 0 Å². The van der Waals surface area contributed by atoms with Gasteiger partial charge in [-0.1, -0.05) is 6.07 Å². The topological polar surface area (TPSA) is 84.2 Å². The van der Waals surface area contributed by atoms with Gasteiger partial charge in [0, 0.05) is 10.6 Å². The molecule has 0 aliphatic carbocycles. The number of aryl methyl sites for hydroxylation is 1. The molecule has 1 aromatic heterocycles. The van der Waals surface area contributed by atoms with Gasteiger partial charge in [0.05, 0.1) is 11.7 Å². The fraction of sp³-hybridized carbons (Fsp3) is 0.231. The minimum Gasteiger partial charge on any atom is -0.378 e. The molecule has 5 nitrogen and oxygen atoms in total. The van der Waals surface area contributed by atoms with Crippen LogP contribution in [-0.4, -0.2) is 8.42 Å². The predicted molar refractivity (Wildman–Crippen MR) is 84.3 cm³/mol. The van der Waals surface area contributed by atoms with Crippen LogP contribution < -0.4 is 15.2 Å². The molecule has 1 unspecified atom stereocenters. The molecule has 0 fully saturated rings. The van der Waals surface area contributed by atoms with E-state index in [1.54, 1.807) is 29.5 Å². The average Bonchev–Trinajstić information content (AvgIpc) is 2.73. The quantitative estimate of drug-likeness (QED) is 0.794. The van der Waals surface area contributed by atoms with Crippen molar-refractivity contribution in [3.8, 4) is 0 Å². The Kier molecular flexibility index (Phi) is 4.32. The van der Waals surface area contributed by atoms with Crippen LogP contribution in [0.3, 0.4) is 0 Å². The zero-order valence-electron chi connectivity index (χ0n) is 11.3. The number of anilines is 2. The molecule has 0 bridgehead atoms. The number of hydrogen-bond donors (Lipinski definition) is 3. The lowest BCUT2D eigenvalue weighted by atomic mass is 10.2. The maximum atomic E-state index is 11.0. The molecule has 2 rings (SSSR count). The van der Waals surface area contributed by atoms with Crippen molar-refractivity contribution in [3.05, 3.63) is 46.2 Å². The predicted octanol–water partition coefficient (Wildman–Crippen LogP) is 2.85. The van der Waals surface area contributed by atoms with E-state index in [1.807, 2.05) is 6.07 Å². The van der Waals surface area contributed by atoms with Crippen molar-refractivity contribution >= 4 is 32.9 Å². The summed E-state index contributed by atoms with van der Waals surface area (Å²) in [6, 6.07) is 9.25. The summed E-state index contributed by atoms with van der Waals surface area (Å²) in [5.74, 6) is 0. The highest BCUT2D eigenvalue weighted by Crippen LogP contribution is 2.27. The molecule has 0 radical (unpaired) electrons. The van der Waals surface area contributed by atoms with Gasteiger partial charge in [-0.15, -0.1) is 11.3 Å². The summed E-state index contributed by atoms with van der Waals surface area (Å²) in [5.41, 5.74) is 2.51. The van der Waals surface area contributed by atoms with E-state index in [0.29, 0.717) is 5.69 Å². The Morgan fingerprint density at radius 3 is 2.55 bits per heavy atom. The summed E-state index contributed by atoms with van der Waals surface area (Å²) >= 11 is 1.70. The Balaban J connectivity index is 2.14. The Morgan fingerprint density at radius 2 is 1.95 bits per heavy atom. The molecule has 7 heteroatoms. The van der Waals surface area contributed by atoms with Crippen molar-refractivity contribution in [1.82, 2.24) is 0 Å². The first-order valence-electron chi connectivity index (χ1n) is 6.06. The van der Waals surface area contributed by atoms with Crippen molar-refractivity contribution in [2.45, 2.75) is 19.9 Å². The number of nitrogens with one attached hydrogen (secondary N) is 2. The second-order valence-corrected chi connectivity index (χ2v) is 6.80. The third-order valence-corrected chi connectivity index (χ3v) is 4.52. The average molecular weight is 311 g/mol. The van der Waals surface area contributed by atoms with Crippen LogP contribution in [0.4, 0.5) is 11.4 Å². The van der Waals surface area contributed by atoms with E-state index in [0.717, 1.165) is 5.69 Å². The van der Waals surface area contributed by atoms with Gasteiger partial charge in [-0.25, -0.2) is 5.14 Å². The Bertz CT molecular complexity index is 695. The first kappa shape index (κ1) is 14.8. The minimum absolute atomic E-state index is 0.153. The van der Waals surface area contributed by atoms with E-state index < -0.39 is 10.2 Å². The lowest BCUT2D eigenvalue weighted by Crippen LogP contribution is -2.21. The van der Waals surface area contributed by atoms with E-state index in [2.05, 4.69) is 35.3 Å². The molecule has 2 aromatic rings. The summed E-state index contributed by atoms with van der Waals surface area (Å²) in [6.45, 7) is 4.14. The SMILES string of the molecule is Cc1ccsc1C(C)Nc1cccc(NS(N)(=O)=O)c1. The highest BCUT2D eigenvalue weighted by atomic mass is 32.2. The largest absolute Gasteiger partial charge is 0.378 e. The molecular formula is C13H17N3O2S2. The normalized spacial score (nSPS) is 12.9. The van der Waals surface area contributed by atoms with Crippen LogP contribution in [0.25, 0.3) is 0 Å². The fourth-order valence-electron chi connectivity index (χ4n) is 1.98. The summed E-state index contributed by atoms with van der Waals surface area (Å²) in [6.07, 6.45) is 0. The van der Waals surface area contributed by atoms with E-state index in [9.17, 15) is 8.42 Å². The molecule has 4 N–H and O–H groups in total. The van der Waals surface area contributed by atoms with Gasteiger partial charge in [-0.3, -0.25) is 4.72 Å². The van der Waals surface area contributed by atoms with Crippen LogP contribution in [0, 0.1) is 6.92 Å². The Hall–Kier alpha value is -1.57. The highest BCUT2D eigenvalue weighted by molar-refractivity contribution is 7.90. The zero-order valence-corrected chi connectivity index (χ0v) is 12.9. The van der Waals surface area contributed by atoms with Crippen molar-refractivity contribution in [2.24, 2.45) is 5.14 Å². The highest BCUT2D eigenvalue weighted by Gasteiger charge is 2.10. The molecule has 0 saturated heterocycles. The minimum atomic E-state index is -3.75. The van der Waals surface area contributed by atoms with Gasteiger partial charge in [0.1, 0.15) is 0 Å². The fourth-order valence-corrected chi connectivity index (χ4v) is 3.37. The zero-order chi connectivity index (χ0) is 14.8. The molecule has 1 aromatic carbocycles. The first-order chi connectivity index (χ1) is 9.35. The second kappa shape index (κ2) is 5.82. The van der Waals surface area contributed by atoms with Crippen molar-refractivity contribution in [2.75, 3.05) is 10.0 Å². The first-order valence-corrected chi connectivity index (χ1v) is 8.49. The molecule has 0 saturated carbocycles. The molecular weight excluding hydrogens is 294 g/mol.